The average molecular weight is 269 g/mol. The summed E-state index contributed by atoms with van der Waals surface area (Å²) in [6.45, 7) is 2.43. The van der Waals surface area contributed by atoms with Gasteiger partial charge in [-0.3, -0.25) is 4.79 Å². The molecule has 0 spiro atoms. The van der Waals surface area contributed by atoms with E-state index in [2.05, 4.69) is 37.3 Å². The van der Waals surface area contributed by atoms with Gasteiger partial charge in [-0.1, -0.05) is 37.3 Å². The predicted molar refractivity (Wildman–Crippen MR) is 79.0 cm³/mol. The van der Waals surface area contributed by atoms with Crippen LogP contribution in [0.4, 0.5) is 0 Å². The molecule has 5 rings (SSSR count). The average Bonchev–Trinajstić information content (AvgIpc) is 2.36. The monoisotopic (exact) mass is 269 g/mol. The van der Waals surface area contributed by atoms with E-state index >= 15 is 0 Å². The normalized spacial score (nSPS) is 45.5. The molecule has 2 atom stereocenters. The van der Waals surface area contributed by atoms with Crippen molar-refractivity contribution in [1.82, 2.24) is 0 Å². The largest absolute Gasteiger partial charge is 0.369 e. The van der Waals surface area contributed by atoms with Crippen molar-refractivity contribution < 1.29 is 4.79 Å². The van der Waals surface area contributed by atoms with Crippen LogP contribution in [-0.4, -0.2) is 5.91 Å². The molecule has 2 heteroatoms. The molecule has 2 nitrogen and oxygen atoms in total. The molecule has 20 heavy (non-hydrogen) atoms. The molecule has 4 saturated carbocycles. The van der Waals surface area contributed by atoms with E-state index in [4.69, 9.17) is 5.73 Å². The van der Waals surface area contributed by atoms with Crippen LogP contribution in [0.15, 0.2) is 30.3 Å². The summed E-state index contributed by atoms with van der Waals surface area (Å²) in [5, 5.41) is 0. The molecule has 106 valence electrons. The van der Waals surface area contributed by atoms with Gasteiger partial charge >= 0.3 is 0 Å². The molecule has 0 heterocycles. The second kappa shape index (κ2) is 3.87. The first kappa shape index (κ1) is 12.4. The fourth-order valence-corrected chi connectivity index (χ4v) is 6.17. The Morgan fingerprint density at radius 3 is 2.25 bits per heavy atom. The lowest BCUT2D eigenvalue weighted by atomic mass is 9.40. The fraction of sp³-hybridized carbons (Fsp3) is 0.611. The number of carbonyl (C=O) groups excluding carboxylic acids is 1. The topological polar surface area (TPSA) is 43.1 Å². The summed E-state index contributed by atoms with van der Waals surface area (Å²) in [5.74, 6) is 1.11. The van der Waals surface area contributed by atoms with Gasteiger partial charge in [0, 0.05) is 5.92 Å². The summed E-state index contributed by atoms with van der Waals surface area (Å²) >= 11 is 0. The van der Waals surface area contributed by atoms with Gasteiger partial charge in [-0.15, -0.1) is 0 Å². The summed E-state index contributed by atoms with van der Waals surface area (Å²) in [6, 6.07) is 11.0. The van der Waals surface area contributed by atoms with Crippen LogP contribution in [-0.2, 0) is 10.2 Å². The van der Waals surface area contributed by atoms with E-state index in [9.17, 15) is 4.79 Å². The van der Waals surface area contributed by atoms with E-state index in [0.29, 0.717) is 22.7 Å². The molecule has 4 aliphatic carbocycles. The lowest BCUT2D eigenvalue weighted by Crippen LogP contribution is -2.59. The molecule has 0 radical (unpaired) electrons. The minimum atomic E-state index is -0.0504. The van der Waals surface area contributed by atoms with Gasteiger partial charge in [0.2, 0.25) is 5.91 Å². The van der Waals surface area contributed by atoms with Crippen LogP contribution in [0.5, 0.6) is 0 Å². The number of benzene rings is 1. The zero-order chi connectivity index (χ0) is 14.0. The van der Waals surface area contributed by atoms with Crippen molar-refractivity contribution in [2.24, 2.45) is 28.9 Å². The highest BCUT2D eigenvalue weighted by Crippen LogP contribution is 2.67. The number of amides is 1. The van der Waals surface area contributed by atoms with Crippen molar-refractivity contribution in [3.8, 4) is 0 Å². The molecular weight excluding hydrogens is 246 g/mol. The molecule has 4 aliphatic rings. The van der Waals surface area contributed by atoms with Gasteiger partial charge in [-0.2, -0.15) is 0 Å². The van der Waals surface area contributed by atoms with Crippen LogP contribution < -0.4 is 5.73 Å². The number of carbonyl (C=O) groups is 1. The Bertz CT molecular complexity index is 534. The van der Waals surface area contributed by atoms with E-state index in [0.717, 1.165) is 12.8 Å². The molecule has 4 bridgehead atoms. The van der Waals surface area contributed by atoms with Gasteiger partial charge in [-0.25, -0.2) is 0 Å². The number of hydrogen-bond donors (Lipinski definition) is 1. The van der Waals surface area contributed by atoms with Crippen molar-refractivity contribution in [3.63, 3.8) is 0 Å². The van der Waals surface area contributed by atoms with Gasteiger partial charge < -0.3 is 5.73 Å². The molecular formula is C18H23NO. The maximum atomic E-state index is 11.9. The number of primary amides is 1. The highest BCUT2D eigenvalue weighted by Gasteiger charge is 2.61. The Hall–Kier alpha value is -1.31. The molecule has 1 amide bonds. The lowest BCUT2D eigenvalue weighted by Gasteiger charge is -2.63. The molecule has 4 fully saturated rings. The summed E-state index contributed by atoms with van der Waals surface area (Å²) in [5.41, 5.74) is 7.93. The van der Waals surface area contributed by atoms with Crippen LogP contribution in [0, 0.1) is 23.2 Å². The molecule has 2 unspecified atom stereocenters. The van der Waals surface area contributed by atoms with Gasteiger partial charge in [0.25, 0.3) is 0 Å². The quantitative estimate of drug-likeness (QED) is 0.880. The third-order valence-corrected chi connectivity index (χ3v) is 6.31. The Morgan fingerprint density at radius 2 is 1.70 bits per heavy atom. The van der Waals surface area contributed by atoms with Crippen LogP contribution in [0.2, 0.25) is 0 Å². The van der Waals surface area contributed by atoms with Crippen LogP contribution in [0.25, 0.3) is 0 Å². The van der Waals surface area contributed by atoms with Gasteiger partial charge in [0.05, 0.1) is 0 Å². The Labute approximate surface area is 120 Å². The summed E-state index contributed by atoms with van der Waals surface area (Å²) in [6.07, 6.45) is 6.02. The van der Waals surface area contributed by atoms with E-state index in [1.54, 1.807) is 0 Å². The first-order chi connectivity index (χ1) is 9.51. The van der Waals surface area contributed by atoms with E-state index in [1.165, 1.54) is 24.8 Å². The van der Waals surface area contributed by atoms with E-state index in [-0.39, 0.29) is 11.8 Å². The molecule has 1 aromatic carbocycles. The molecule has 0 aliphatic heterocycles. The maximum absolute atomic E-state index is 11.9. The zero-order valence-corrected chi connectivity index (χ0v) is 12.1. The van der Waals surface area contributed by atoms with Gasteiger partial charge in [0.1, 0.15) is 0 Å². The number of hydrogen-bond acceptors (Lipinski definition) is 1. The van der Waals surface area contributed by atoms with Gasteiger partial charge in [0.15, 0.2) is 0 Å². The second-order valence-corrected chi connectivity index (χ2v) is 7.90. The zero-order valence-electron chi connectivity index (χ0n) is 12.1. The first-order valence-corrected chi connectivity index (χ1v) is 7.86. The van der Waals surface area contributed by atoms with Crippen molar-refractivity contribution in [2.75, 3.05) is 0 Å². The number of nitrogens with two attached hydrogens (primary N) is 1. The minimum Gasteiger partial charge on any atom is -0.369 e. The third kappa shape index (κ3) is 1.60. The summed E-state index contributed by atoms with van der Waals surface area (Å²) < 4.78 is 0. The molecule has 0 aromatic heterocycles. The van der Waals surface area contributed by atoms with Gasteiger partial charge in [-0.05, 0) is 60.3 Å². The van der Waals surface area contributed by atoms with Crippen molar-refractivity contribution in [2.45, 2.75) is 44.4 Å². The fourth-order valence-electron chi connectivity index (χ4n) is 6.17. The molecule has 0 saturated heterocycles. The summed E-state index contributed by atoms with van der Waals surface area (Å²) in [4.78, 5) is 11.9. The van der Waals surface area contributed by atoms with Crippen LogP contribution in [0.1, 0.15) is 44.6 Å². The third-order valence-electron chi connectivity index (χ3n) is 6.31. The van der Waals surface area contributed by atoms with Crippen molar-refractivity contribution in [3.05, 3.63) is 35.9 Å². The van der Waals surface area contributed by atoms with Crippen LogP contribution in [0.3, 0.4) is 0 Å². The summed E-state index contributed by atoms with van der Waals surface area (Å²) in [7, 11) is 0. The van der Waals surface area contributed by atoms with E-state index in [1.807, 2.05) is 0 Å². The van der Waals surface area contributed by atoms with Crippen LogP contribution >= 0.6 is 0 Å². The number of rotatable bonds is 2. The molecule has 1 aromatic rings. The predicted octanol–water partition coefficient (Wildman–Crippen LogP) is 3.26. The highest BCUT2D eigenvalue weighted by molar-refractivity contribution is 5.78. The van der Waals surface area contributed by atoms with Crippen molar-refractivity contribution >= 4 is 5.91 Å². The molecule has 2 N–H and O–H groups in total. The standard InChI is InChI=1S/C18H23NO/c1-17-7-12-9-18(11-17,14-5-3-2-4-6-14)10-13(8-17)15(12)16(19)20/h2-6,12-13,15H,7-11H2,1H3,(H2,19,20). The Balaban J connectivity index is 1.77. The maximum Gasteiger partial charge on any atom is 0.221 e. The second-order valence-electron chi connectivity index (χ2n) is 7.90. The van der Waals surface area contributed by atoms with Crippen molar-refractivity contribution in [1.29, 1.82) is 0 Å². The lowest BCUT2D eigenvalue weighted by molar-refractivity contribution is -0.145. The Kier molecular flexibility index (Phi) is 2.40. The minimum absolute atomic E-state index is 0.0504. The Morgan fingerprint density at radius 1 is 1.10 bits per heavy atom. The smallest absolute Gasteiger partial charge is 0.221 e. The highest BCUT2D eigenvalue weighted by atomic mass is 16.1. The first-order valence-electron chi connectivity index (χ1n) is 7.86. The SMILES string of the molecule is CC12CC3CC(c4ccccc4)(CC(C1)C3C(N)=O)C2. The van der Waals surface area contributed by atoms with E-state index < -0.39 is 0 Å².